The first-order valence-electron chi connectivity index (χ1n) is 14.9. The minimum absolute atomic E-state index is 0.0815. The third kappa shape index (κ3) is 5.87. The van der Waals surface area contributed by atoms with E-state index in [9.17, 15) is 9.59 Å². The smallest absolute Gasteiger partial charge is 0.291 e. The van der Waals surface area contributed by atoms with Crippen LogP contribution in [0.25, 0.3) is 28.0 Å². The number of anilines is 1. The maximum atomic E-state index is 13.2. The second-order valence-electron chi connectivity index (χ2n) is 11.4. The number of carbonyl (C=O) groups excluding carboxylic acids is 1. The zero-order valence-corrected chi connectivity index (χ0v) is 25.0. The zero-order valence-electron chi connectivity index (χ0n) is 25.0. The van der Waals surface area contributed by atoms with Crippen LogP contribution in [0, 0.1) is 13.8 Å². The molecule has 3 aromatic heterocycles. The van der Waals surface area contributed by atoms with Crippen LogP contribution in [0.3, 0.4) is 0 Å². The number of pyridine rings is 1. The molecule has 4 heterocycles. The number of fused-ring (bicyclic) bond motifs is 2. The molecule has 1 aliphatic rings. The van der Waals surface area contributed by atoms with E-state index in [0.29, 0.717) is 28.0 Å². The maximum absolute atomic E-state index is 13.2. The average molecular weight is 598 g/mol. The molecule has 0 radical (unpaired) electrons. The Kier molecular flexibility index (Phi) is 7.48. The topological polar surface area (TPSA) is 119 Å². The van der Waals surface area contributed by atoms with E-state index in [1.54, 1.807) is 24.3 Å². The number of nitrogens with zero attached hydrogens (tertiary/aromatic N) is 6. The first kappa shape index (κ1) is 28.3. The van der Waals surface area contributed by atoms with Gasteiger partial charge in [-0.3, -0.25) is 19.5 Å². The van der Waals surface area contributed by atoms with Crippen molar-refractivity contribution in [2.75, 3.05) is 18.4 Å². The van der Waals surface area contributed by atoms with Crippen LogP contribution in [0.1, 0.15) is 38.4 Å². The Balaban J connectivity index is 1.07. The van der Waals surface area contributed by atoms with Gasteiger partial charge in [0, 0.05) is 43.7 Å². The van der Waals surface area contributed by atoms with Gasteiger partial charge in [0.15, 0.2) is 11.2 Å². The van der Waals surface area contributed by atoms with Gasteiger partial charge in [-0.25, -0.2) is 0 Å². The van der Waals surface area contributed by atoms with Crippen LogP contribution < -0.4 is 10.7 Å². The van der Waals surface area contributed by atoms with Crippen molar-refractivity contribution in [3.05, 3.63) is 129 Å². The predicted molar refractivity (Wildman–Crippen MR) is 171 cm³/mol. The minimum atomic E-state index is -0.545. The molecule has 0 bridgehead atoms. The van der Waals surface area contributed by atoms with Crippen LogP contribution in [0.5, 0.6) is 0 Å². The molecule has 1 N–H and O–H groups in total. The number of amides is 1. The molecule has 0 unspecified atom stereocenters. The van der Waals surface area contributed by atoms with Crippen molar-refractivity contribution in [2.45, 2.75) is 33.2 Å². The van der Waals surface area contributed by atoms with Gasteiger partial charge < -0.3 is 9.73 Å². The summed E-state index contributed by atoms with van der Waals surface area (Å²) in [5, 5.41) is 16.6. The van der Waals surface area contributed by atoms with Crippen LogP contribution in [-0.2, 0) is 19.4 Å². The molecule has 0 fully saturated rings. The highest BCUT2D eigenvalue weighted by Gasteiger charge is 2.19. The third-order valence-electron chi connectivity index (χ3n) is 8.37. The number of carbonyl (C=O) groups is 1. The number of aryl methyl sites for hydroxylation is 2. The SMILES string of the molecule is Cc1cc(NC(=O)c2cc(=O)c3ccccc3o2)c(-c2nnn(-c3ccc(CCN4CCc5cnccc5C4)cc3)n2)cc1C. The van der Waals surface area contributed by atoms with Crippen molar-refractivity contribution in [1.29, 1.82) is 0 Å². The molecular formula is C35H31N7O3. The summed E-state index contributed by atoms with van der Waals surface area (Å²) < 4.78 is 5.75. The number of para-hydroxylation sites is 1. The van der Waals surface area contributed by atoms with Gasteiger partial charge in [-0.1, -0.05) is 24.3 Å². The number of benzene rings is 3. The van der Waals surface area contributed by atoms with E-state index in [1.165, 1.54) is 27.6 Å². The third-order valence-corrected chi connectivity index (χ3v) is 8.37. The molecule has 1 aliphatic heterocycles. The maximum Gasteiger partial charge on any atom is 0.291 e. The number of tetrazole rings is 1. The average Bonchev–Trinajstić information content (AvgIpc) is 3.56. The van der Waals surface area contributed by atoms with Gasteiger partial charge in [0.1, 0.15) is 5.58 Å². The van der Waals surface area contributed by atoms with Gasteiger partial charge in [0.05, 0.1) is 16.8 Å². The highest BCUT2D eigenvalue weighted by Crippen LogP contribution is 2.29. The molecule has 10 heteroatoms. The standard InChI is InChI=1S/C35H31N7O3/c1-22-17-29(30(18-23(22)2)37-35(44)33-19-31(43)28-5-3-4-6-32(28)45-33)34-38-40-42(39-34)27-9-7-24(8-10-27)12-15-41-16-13-25-20-36-14-11-26(25)21-41/h3-11,14,17-20H,12-13,15-16,21H2,1-2H3,(H,37,44). The fourth-order valence-electron chi connectivity index (χ4n) is 5.64. The molecular weight excluding hydrogens is 566 g/mol. The van der Waals surface area contributed by atoms with Gasteiger partial charge in [0.2, 0.25) is 5.82 Å². The highest BCUT2D eigenvalue weighted by molar-refractivity contribution is 6.05. The van der Waals surface area contributed by atoms with Crippen LogP contribution >= 0.6 is 0 Å². The largest absolute Gasteiger partial charge is 0.451 e. The van der Waals surface area contributed by atoms with E-state index in [0.717, 1.165) is 49.3 Å². The van der Waals surface area contributed by atoms with Crippen LogP contribution in [0.2, 0.25) is 0 Å². The first-order valence-corrected chi connectivity index (χ1v) is 14.9. The number of rotatable bonds is 7. The van der Waals surface area contributed by atoms with Gasteiger partial charge >= 0.3 is 0 Å². The summed E-state index contributed by atoms with van der Waals surface area (Å²) in [6.45, 7) is 6.92. The number of nitrogens with one attached hydrogen (secondary N) is 1. The first-order chi connectivity index (χ1) is 21.9. The number of hydrogen-bond acceptors (Lipinski definition) is 8. The molecule has 0 saturated carbocycles. The summed E-state index contributed by atoms with van der Waals surface area (Å²) in [4.78, 5) is 34.0. The summed E-state index contributed by atoms with van der Waals surface area (Å²) in [7, 11) is 0. The molecule has 3 aromatic carbocycles. The summed E-state index contributed by atoms with van der Waals surface area (Å²) in [5.41, 5.74) is 7.88. The lowest BCUT2D eigenvalue weighted by Gasteiger charge is -2.28. The molecule has 45 heavy (non-hydrogen) atoms. The van der Waals surface area contributed by atoms with Crippen LogP contribution in [0.15, 0.2) is 94.4 Å². The lowest BCUT2D eigenvalue weighted by molar-refractivity contribution is 0.0997. The molecule has 10 nitrogen and oxygen atoms in total. The van der Waals surface area contributed by atoms with Gasteiger partial charge in [0.25, 0.3) is 5.91 Å². The van der Waals surface area contributed by atoms with Crippen molar-refractivity contribution in [3.8, 4) is 17.1 Å². The van der Waals surface area contributed by atoms with E-state index in [4.69, 9.17) is 4.42 Å². The molecule has 7 rings (SSSR count). The predicted octanol–water partition coefficient (Wildman–Crippen LogP) is 5.30. The molecule has 0 spiro atoms. The molecule has 0 atom stereocenters. The van der Waals surface area contributed by atoms with Crippen molar-refractivity contribution >= 4 is 22.6 Å². The minimum Gasteiger partial charge on any atom is -0.451 e. The van der Waals surface area contributed by atoms with E-state index < -0.39 is 5.91 Å². The lowest BCUT2D eigenvalue weighted by atomic mass is 10.0. The number of hydrogen-bond donors (Lipinski definition) is 1. The fraction of sp³-hybridized carbons (Fsp3) is 0.200. The Morgan fingerprint density at radius 2 is 1.80 bits per heavy atom. The molecule has 224 valence electrons. The number of aromatic nitrogens is 5. The van der Waals surface area contributed by atoms with Gasteiger partial charge in [-0.15, -0.1) is 15.0 Å². The normalized spacial score (nSPS) is 13.1. The van der Waals surface area contributed by atoms with Crippen LogP contribution in [-0.4, -0.2) is 49.1 Å². The summed E-state index contributed by atoms with van der Waals surface area (Å²) in [6, 6.07) is 22.1. The molecule has 0 saturated heterocycles. The van der Waals surface area contributed by atoms with E-state index in [-0.39, 0.29) is 11.2 Å². The van der Waals surface area contributed by atoms with Gasteiger partial charge in [-0.2, -0.15) is 0 Å². The van der Waals surface area contributed by atoms with E-state index >= 15 is 0 Å². The Morgan fingerprint density at radius 3 is 2.67 bits per heavy atom. The Bertz CT molecular complexity index is 2100. The molecule has 6 aromatic rings. The summed E-state index contributed by atoms with van der Waals surface area (Å²) in [5.74, 6) is -0.267. The quantitative estimate of drug-likeness (QED) is 0.263. The fourth-order valence-corrected chi connectivity index (χ4v) is 5.64. The van der Waals surface area contributed by atoms with E-state index in [1.807, 2.05) is 50.5 Å². The highest BCUT2D eigenvalue weighted by atomic mass is 16.3. The molecule has 0 aliphatic carbocycles. The Labute approximate surface area is 259 Å². The van der Waals surface area contributed by atoms with Crippen molar-refractivity contribution in [2.24, 2.45) is 0 Å². The molecule has 1 amide bonds. The second-order valence-corrected chi connectivity index (χ2v) is 11.4. The monoisotopic (exact) mass is 597 g/mol. The van der Waals surface area contributed by atoms with E-state index in [2.05, 4.69) is 48.8 Å². The summed E-state index contributed by atoms with van der Waals surface area (Å²) >= 11 is 0. The second kappa shape index (κ2) is 11.9. The van der Waals surface area contributed by atoms with Gasteiger partial charge in [-0.05, 0) is 102 Å². The summed E-state index contributed by atoms with van der Waals surface area (Å²) in [6.07, 6.45) is 5.83. The van der Waals surface area contributed by atoms with Crippen molar-refractivity contribution < 1.29 is 9.21 Å². The lowest BCUT2D eigenvalue weighted by Crippen LogP contribution is -2.32. The Morgan fingerprint density at radius 1 is 0.978 bits per heavy atom. The Hall–Kier alpha value is -5.48. The zero-order chi connectivity index (χ0) is 30.9. The van der Waals surface area contributed by atoms with Crippen LogP contribution in [0.4, 0.5) is 5.69 Å². The van der Waals surface area contributed by atoms with Crippen molar-refractivity contribution in [3.63, 3.8) is 0 Å². The van der Waals surface area contributed by atoms with Crippen molar-refractivity contribution in [1.82, 2.24) is 30.1 Å².